The van der Waals surface area contributed by atoms with E-state index in [0.717, 1.165) is 0 Å². The molecule has 0 radical (unpaired) electrons. The van der Waals surface area contributed by atoms with E-state index in [-0.39, 0.29) is 25.6 Å². The summed E-state index contributed by atoms with van der Waals surface area (Å²) in [5.74, 6) is -0.868. The second-order valence-electron chi connectivity index (χ2n) is 7.39. The highest BCUT2D eigenvalue weighted by Crippen LogP contribution is 2.33. The van der Waals surface area contributed by atoms with Crippen LogP contribution in [-0.2, 0) is 4.74 Å². The smallest absolute Gasteiger partial charge is 0.277 e. The fraction of sp³-hybridized carbons (Fsp3) is 0.333. The number of nitrogens with zero attached hydrogens (tertiary/aromatic N) is 1. The molecule has 1 aliphatic rings. The maximum absolute atomic E-state index is 12.3. The van der Waals surface area contributed by atoms with Crippen LogP contribution in [0.15, 0.2) is 54.6 Å². The van der Waals surface area contributed by atoms with E-state index in [1.54, 1.807) is 61.5 Å². The van der Waals surface area contributed by atoms with Gasteiger partial charge in [-0.3, -0.25) is 14.8 Å². The largest absolute Gasteiger partial charge is 0.390 e. The van der Waals surface area contributed by atoms with Crippen molar-refractivity contribution in [2.45, 2.75) is 19.1 Å². The van der Waals surface area contributed by atoms with E-state index in [9.17, 15) is 19.9 Å². The number of carbonyl (C=O) groups excluding carboxylic acids is 2. The van der Waals surface area contributed by atoms with Gasteiger partial charge in [0.1, 0.15) is 6.10 Å². The zero-order valence-corrected chi connectivity index (χ0v) is 16.7. The SMILES string of the molecule is C[C@@]1(CN(O)C(=O)c2ccccc2)CO[C@H](CNC(=O)c2ccc(Cl)cc2)[C@H]1O. The standard InChI is InChI=1S/C21H23ClN2O5/c1-21(12-24(28)20(27)15-5-3-2-4-6-15)13-29-17(18(21)25)11-23-19(26)14-7-9-16(22)10-8-14/h2-10,17-18,25,28H,11-13H2,1H3,(H,23,26)/t17-,18-,21-/m1/s1. The third-order valence-corrected chi connectivity index (χ3v) is 5.28. The van der Waals surface area contributed by atoms with Gasteiger partial charge in [0, 0.05) is 28.1 Å². The lowest BCUT2D eigenvalue weighted by Crippen LogP contribution is -2.47. The van der Waals surface area contributed by atoms with E-state index in [1.807, 2.05) is 0 Å². The van der Waals surface area contributed by atoms with Crippen molar-refractivity contribution in [3.63, 3.8) is 0 Å². The summed E-state index contributed by atoms with van der Waals surface area (Å²) in [4.78, 5) is 24.6. The van der Waals surface area contributed by atoms with Crippen molar-refractivity contribution in [3.05, 3.63) is 70.7 Å². The predicted molar refractivity (Wildman–Crippen MR) is 107 cm³/mol. The Morgan fingerprint density at radius 2 is 1.83 bits per heavy atom. The van der Waals surface area contributed by atoms with Crippen LogP contribution in [0.2, 0.25) is 5.02 Å². The van der Waals surface area contributed by atoms with Crippen molar-refractivity contribution in [3.8, 4) is 0 Å². The fourth-order valence-corrected chi connectivity index (χ4v) is 3.40. The lowest BCUT2D eigenvalue weighted by Gasteiger charge is -2.31. The molecule has 2 amide bonds. The van der Waals surface area contributed by atoms with Crippen molar-refractivity contribution in [1.82, 2.24) is 10.4 Å². The normalized spacial score (nSPS) is 23.6. The number of ether oxygens (including phenoxy) is 1. The average Bonchev–Trinajstić information content (AvgIpc) is 3.00. The lowest BCUT2D eigenvalue weighted by atomic mass is 9.84. The lowest BCUT2D eigenvalue weighted by molar-refractivity contribution is -0.0940. The Kier molecular flexibility index (Phi) is 6.54. The second kappa shape index (κ2) is 8.92. The van der Waals surface area contributed by atoms with Crippen molar-refractivity contribution >= 4 is 23.4 Å². The number of amides is 2. The Morgan fingerprint density at radius 1 is 1.17 bits per heavy atom. The van der Waals surface area contributed by atoms with Crippen molar-refractivity contribution in [2.24, 2.45) is 5.41 Å². The molecule has 154 valence electrons. The first-order valence-electron chi connectivity index (χ1n) is 9.19. The van der Waals surface area contributed by atoms with Gasteiger partial charge in [-0.15, -0.1) is 0 Å². The first-order valence-corrected chi connectivity index (χ1v) is 9.57. The van der Waals surface area contributed by atoms with Gasteiger partial charge in [-0.05, 0) is 36.4 Å². The molecule has 2 aromatic rings. The monoisotopic (exact) mass is 418 g/mol. The molecule has 0 spiro atoms. The molecule has 1 saturated heterocycles. The van der Waals surface area contributed by atoms with Crippen LogP contribution in [-0.4, -0.2) is 59.1 Å². The number of halogens is 1. The summed E-state index contributed by atoms with van der Waals surface area (Å²) in [6.45, 7) is 1.84. The Labute approximate surface area is 173 Å². The van der Waals surface area contributed by atoms with Gasteiger partial charge in [0.25, 0.3) is 11.8 Å². The average molecular weight is 419 g/mol. The molecule has 2 aromatic carbocycles. The molecule has 1 heterocycles. The molecule has 29 heavy (non-hydrogen) atoms. The number of hydroxylamine groups is 2. The van der Waals surface area contributed by atoms with Crippen LogP contribution >= 0.6 is 11.6 Å². The molecule has 3 atom stereocenters. The summed E-state index contributed by atoms with van der Waals surface area (Å²) in [7, 11) is 0. The number of hydrogen-bond donors (Lipinski definition) is 3. The van der Waals surface area contributed by atoms with Gasteiger partial charge in [-0.25, -0.2) is 5.06 Å². The van der Waals surface area contributed by atoms with Crippen LogP contribution < -0.4 is 5.32 Å². The summed E-state index contributed by atoms with van der Waals surface area (Å²) < 4.78 is 5.64. The topological polar surface area (TPSA) is 99.1 Å². The van der Waals surface area contributed by atoms with Crippen LogP contribution in [0.25, 0.3) is 0 Å². The number of rotatable bonds is 6. The van der Waals surface area contributed by atoms with Crippen LogP contribution in [0.4, 0.5) is 0 Å². The number of benzene rings is 2. The number of aliphatic hydroxyl groups excluding tert-OH is 1. The molecular formula is C21H23ClN2O5. The first-order chi connectivity index (χ1) is 13.8. The minimum atomic E-state index is -0.980. The van der Waals surface area contributed by atoms with E-state index >= 15 is 0 Å². The second-order valence-corrected chi connectivity index (χ2v) is 7.83. The zero-order chi connectivity index (χ0) is 21.0. The van der Waals surface area contributed by atoms with Gasteiger partial charge in [0.05, 0.1) is 19.3 Å². The zero-order valence-electron chi connectivity index (χ0n) is 15.9. The molecule has 0 aromatic heterocycles. The Morgan fingerprint density at radius 3 is 2.48 bits per heavy atom. The van der Waals surface area contributed by atoms with Crippen LogP contribution in [0.3, 0.4) is 0 Å². The number of hydrogen-bond acceptors (Lipinski definition) is 5. The van der Waals surface area contributed by atoms with Crippen LogP contribution in [0.1, 0.15) is 27.6 Å². The van der Waals surface area contributed by atoms with E-state index in [2.05, 4.69) is 5.32 Å². The van der Waals surface area contributed by atoms with Gasteiger partial charge < -0.3 is 15.2 Å². The number of carbonyl (C=O) groups is 2. The summed E-state index contributed by atoms with van der Waals surface area (Å²) in [6, 6.07) is 14.8. The number of nitrogens with one attached hydrogen (secondary N) is 1. The molecule has 7 nitrogen and oxygen atoms in total. The minimum absolute atomic E-state index is 0.0935. The molecule has 0 aliphatic carbocycles. The van der Waals surface area contributed by atoms with Crippen molar-refractivity contribution < 1.29 is 24.6 Å². The van der Waals surface area contributed by atoms with E-state index < -0.39 is 23.5 Å². The van der Waals surface area contributed by atoms with Crippen LogP contribution in [0.5, 0.6) is 0 Å². The summed E-state index contributed by atoms with van der Waals surface area (Å²) in [5.41, 5.74) is -0.0899. The van der Waals surface area contributed by atoms with Gasteiger partial charge in [-0.1, -0.05) is 36.7 Å². The first kappa shape index (κ1) is 21.3. The maximum atomic E-state index is 12.3. The number of aliphatic hydroxyl groups is 1. The summed E-state index contributed by atoms with van der Waals surface area (Å²) in [5, 5.41) is 24.8. The molecule has 0 saturated carbocycles. The fourth-order valence-electron chi connectivity index (χ4n) is 3.27. The molecule has 1 aliphatic heterocycles. The van der Waals surface area contributed by atoms with Gasteiger partial charge in [0.2, 0.25) is 0 Å². The molecule has 0 bridgehead atoms. The summed E-state index contributed by atoms with van der Waals surface area (Å²) in [6.07, 6.45) is -1.64. The molecular weight excluding hydrogens is 396 g/mol. The quantitative estimate of drug-likeness (QED) is 0.494. The molecule has 0 unspecified atom stereocenters. The Hall–Kier alpha value is -2.45. The molecule has 1 fully saturated rings. The highest BCUT2D eigenvalue weighted by Gasteiger charge is 2.47. The van der Waals surface area contributed by atoms with Crippen molar-refractivity contribution in [2.75, 3.05) is 19.7 Å². The maximum Gasteiger partial charge on any atom is 0.277 e. The predicted octanol–water partition coefficient (Wildman–Crippen LogP) is 2.37. The van der Waals surface area contributed by atoms with Crippen LogP contribution in [0, 0.1) is 5.41 Å². The summed E-state index contributed by atoms with van der Waals surface area (Å²) >= 11 is 5.82. The Balaban J connectivity index is 1.56. The van der Waals surface area contributed by atoms with E-state index in [4.69, 9.17) is 16.3 Å². The van der Waals surface area contributed by atoms with Crippen molar-refractivity contribution in [1.29, 1.82) is 0 Å². The van der Waals surface area contributed by atoms with Gasteiger partial charge >= 0.3 is 0 Å². The minimum Gasteiger partial charge on any atom is -0.390 e. The van der Waals surface area contributed by atoms with E-state index in [0.29, 0.717) is 21.2 Å². The Bertz CT molecular complexity index is 861. The molecule has 3 rings (SSSR count). The third kappa shape index (κ3) is 4.94. The molecule has 8 heteroatoms. The highest BCUT2D eigenvalue weighted by atomic mass is 35.5. The third-order valence-electron chi connectivity index (χ3n) is 5.03. The van der Waals surface area contributed by atoms with E-state index in [1.165, 1.54) is 0 Å². The van der Waals surface area contributed by atoms with Gasteiger partial charge in [-0.2, -0.15) is 0 Å². The highest BCUT2D eigenvalue weighted by molar-refractivity contribution is 6.30. The molecule has 3 N–H and O–H groups in total. The van der Waals surface area contributed by atoms with Gasteiger partial charge in [0.15, 0.2) is 0 Å².